The van der Waals surface area contributed by atoms with Gasteiger partial charge in [0, 0.05) is 12.3 Å². The van der Waals surface area contributed by atoms with Crippen LogP contribution in [0.3, 0.4) is 0 Å². The van der Waals surface area contributed by atoms with E-state index in [1.807, 2.05) is 6.07 Å². The highest BCUT2D eigenvalue weighted by Gasteiger charge is 2.11. The summed E-state index contributed by atoms with van der Waals surface area (Å²) in [7, 11) is -1.81. The molecule has 0 saturated heterocycles. The Kier molecular flexibility index (Phi) is 1.92. The van der Waals surface area contributed by atoms with Crippen LogP contribution in [0.25, 0.3) is 11.0 Å². The molecular formula is C7H7BN2O3. The Morgan fingerprint density at radius 1 is 1.46 bits per heavy atom. The van der Waals surface area contributed by atoms with Crippen molar-refractivity contribution in [2.45, 2.75) is 0 Å². The maximum Gasteiger partial charge on any atom is 0.707 e. The highest BCUT2D eigenvalue weighted by atomic mass is 16.6. The second-order valence-corrected chi connectivity index (χ2v) is 2.53. The summed E-state index contributed by atoms with van der Waals surface area (Å²) in [6, 6.07) is 3.45. The largest absolute Gasteiger partial charge is 0.707 e. The molecule has 0 unspecified atom stereocenters. The van der Waals surface area contributed by atoms with Crippen LogP contribution in [0.4, 0.5) is 0 Å². The Morgan fingerprint density at radius 2 is 2.31 bits per heavy atom. The lowest BCUT2D eigenvalue weighted by molar-refractivity contribution is 0.288. The number of aromatic nitrogens is 2. The molecule has 3 N–H and O–H groups in total. The van der Waals surface area contributed by atoms with E-state index in [0.717, 1.165) is 11.0 Å². The van der Waals surface area contributed by atoms with Crippen LogP contribution in [0.15, 0.2) is 24.5 Å². The fraction of sp³-hybridized carbons (Fsp3) is 0. The molecule has 0 aromatic carbocycles. The first-order valence-corrected chi connectivity index (χ1v) is 3.71. The van der Waals surface area contributed by atoms with Gasteiger partial charge in [0.25, 0.3) is 0 Å². The van der Waals surface area contributed by atoms with Crippen molar-refractivity contribution >= 4 is 18.4 Å². The molecule has 2 aromatic heterocycles. The van der Waals surface area contributed by atoms with Gasteiger partial charge in [-0.15, -0.1) is 0 Å². The molecule has 0 aliphatic carbocycles. The average Bonchev–Trinajstić information content (AvgIpc) is 2.49. The molecule has 0 amide bonds. The minimum Gasteiger partial charge on any atom is -0.511 e. The number of nitrogens with one attached hydrogen (secondary N) is 1. The number of pyridine rings is 1. The molecule has 0 spiro atoms. The molecule has 13 heavy (non-hydrogen) atoms. The number of fused-ring (bicyclic) bond motifs is 1. The van der Waals surface area contributed by atoms with Gasteiger partial charge >= 0.3 is 7.32 Å². The monoisotopic (exact) mass is 178 g/mol. The summed E-state index contributed by atoms with van der Waals surface area (Å²) in [5, 5.41) is 17.0. The van der Waals surface area contributed by atoms with Crippen molar-refractivity contribution in [3.8, 4) is 5.75 Å². The summed E-state index contributed by atoms with van der Waals surface area (Å²) in [5.41, 5.74) is 1.60. The van der Waals surface area contributed by atoms with Crippen LogP contribution in [0, 0.1) is 0 Å². The van der Waals surface area contributed by atoms with Crippen molar-refractivity contribution in [3.05, 3.63) is 24.5 Å². The highest BCUT2D eigenvalue weighted by molar-refractivity contribution is 6.33. The summed E-state index contributed by atoms with van der Waals surface area (Å²) >= 11 is 0. The van der Waals surface area contributed by atoms with E-state index in [0.29, 0.717) is 5.75 Å². The van der Waals surface area contributed by atoms with E-state index in [2.05, 4.69) is 14.6 Å². The number of hydrogen-bond donors (Lipinski definition) is 3. The van der Waals surface area contributed by atoms with Gasteiger partial charge in [-0.25, -0.2) is 0 Å². The smallest absolute Gasteiger partial charge is 0.511 e. The molecule has 0 aliphatic rings. The molecule has 2 heterocycles. The van der Waals surface area contributed by atoms with Crippen LogP contribution < -0.4 is 4.65 Å². The first kappa shape index (κ1) is 8.09. The maximum atomic E-state index is 8.52. The Labute approximate surface area is 74.2 Å². The van der Waals surface area contributed by atoms with Crippen molar-refractivity contribution in [1.82, 2.24) is 9.97 Å². The number of rotatable bonds is 2. The third-order valence-electron chi connectivity index (χ3n) is 1.61. The van der Waals surface area contributed by atoms with Crippen LogP contribution >= 0.6 is 0 Å². The summed E-state index contributed by atoms with van der Waals surface area (Å²) < 4.78 is 4.62. The molecule has 5 nitrogen and oxygen atoms in total. The lowest BCUT2D eigenvalue weighted by Gasteiger charge is -2.02. The molecular weight excluding hydrogens is 171 g/mol. The summed E-state index contributed by atoms with van der Waals surface area (Å²) in [5.74, 6) is 0.310. The van der Waals surface area contributed by atoms with Crippen LogP contribution in [-0.4, -0.2) is 27.3 Å². The molecule has 0 aliphatic heterocycles. The number of aromatic amines is 1. The summed E-state index contributed by atoms with van der Waals surface area (Å²) in [4.78, 5) is 6.94. The van der Waals surface area contributed by atoms with Gasteiger partial charge < -0.3 is 19.7 Å². The third kappa shape index (κ3) is 1.63. The Bertz CT molecular complexity index is 415. The van der Waals surface area contributed by atoms with Gasteiger partial charge in [-0.1, -0.05) is 0 Å². The molecule has 66 valence electrons. The molecule has 2 aromatic rings. The highest BCUT2D eigenvalue weighted by Crippen LogP contribution is 2.16. The van der Waals surface area contributed by atoms with Crippen molar-refractivity contribution in [3.63, 3.8) is 0 Å². The first-order valence-electron chi connectivity index (χ1n) is 3.71. The fourth-order valence-electron chi connectivity index (χ4n) is 1.10. The normalized spacial score (nSPS) is 10.3. The first-order chi connectivity index (χ1) is 6.25. The molecule has 6 heteroatoms. The average molecular weight is 178 g/mol. The van der Waals surface area contributed by atoms with Crippen LogP contribution in [0.5, 0.6) is 5.75 Å². The number of nitrogens with zero attached hydrogens (tertiary/aromatic N) is 1. The van der Waals surface area contributed by atoms with Crippen molar-refractivity contribution < 1.29 is 14.7 Å². The zero-order valence-corrected chi connectivity index (χ0v) is 6.64. The van der Waals surface area contributed by atoms with Crippen molar-refractivity contribution in [2.24, 2.45) is 0 Å². The zero-order valence-electron chi connectivity index (χ0n) is 6.64. The molecule has 2 rings (SSSR count). The van der Waals surface area contributed by atoms with E-state index >= 15 is 0 Å². The predicted molar refractivity (Wildman–Crippen MR) is 46.9 cm³/mol. The van der Waals surface area contributed by atoms with Gasteiger partial charge in [0.15, 0.2) is 0 Å². The van der Waals surface area contributed by atoms with Crippen LogP contribution in [0.2, 0.25) is 0 Å². The Balaban J connectivity index is 2.37. The standard InChI is InChI=1S/C7H7BN2O3/c11-8(12)13-5-3-7-6(10-4-5)1-2-9-7/h1-4,9,11-12H. The summed E-state index contributed by atoms with van der Waals surface area (Å²) in [6.07, 6.45) is 3.17. The second-order valence-electron chi connectivity index (χ2n) is 2.53. The molecule has 0 saturated carbocycles. The van der Waals surface area contributed by atoms with Gasteiger partial charge in [-0.3, -0.25) is 4.98 Å². The van der Waals surface area contributed by atoms with E-state index in [1.54, 1.807) is 12.3 Å². The van der Waals surface area contributed by atoms with E-state index < -0.39 is 7.32 Å². The summed E-state index contributed by atoms with van der Waals surface area (Å²) in [6.45, 7) is 0. The second kappa shape index (κ2) is 3.08. The van der Waals surface area contributed by atoms with E-state index in [9.17, 15) is 0 Å². The molecule has 0 fully saturated rings. The lowest BCUT2D eigenvalue weighted by Crippen LogP contribution is -2.20. The third-order valence-corrected chi connectivity index (χ3v) is 1.61. The van der Waals surface area contributed by atoms with Gasteiger partial charge in [0.2, 0.25) is 0 Å². The minimum atomic E-state index is -1.81. The van der Waals surface area contributed by atoms with Crippen molar-refractivity contribution in [1.29, 1.82) is 0 Å². The molecule has 0 bridgehead atoms. The maximum absolute atomic E-state index is 8.52. The number of H-pyrrole nitrogens is 1. The fourth-order valence-corrected chi connectivity index (χ4v) is 1.10. The van der Waals surface area contributed by atoms with Gasteiger partial charge in [-0.05, 0) is 6.07 Å². The lowest BCUT2D eigenvalue weighted by atomic mass is 10.2. The SMILES string of the molecule is OB(O)Oc1cnc2cc[nH]c2c1. The van der Waals surface area contributed by atoms with E-state index in [1.165, 1.54) is 6.20 Å². The van der Waals surface area contributed by atoms with Crippen molar-refractivity contribution in [2.75, 3.05) is 0 Å². The number of hydrogen-bond acceptors (Lipinski definition) is 4. The van der Waals surface area contributed by atoms with Gasteiger partial charge in [0.05, 0.1) is 17.2 Å². The quantitative estimate of drug-likeness (QED) is 0.561. The Morgan fingerprint density at radius 3 is 3.08 bits per heavy atom. The van der Waals surface area contributed by atoms with Crippen LogP contribution in [0.1, 0.15) is 0 Å². The predicted octanol–water partition coefficient (Wildman–Crippen LogP) is -0.0888. The van der Waals surface area contributed by atoms with Gasteiger partial charge in [-0.2, -0.15) is 0 Å². The van der Waals surface area contributed by atoms with E-state index in [-0.39, 0.29) is 0 Å². The Hall–Kier alpha value is -1.53. The zero-order chi connectivity index (χ0) is 9.26. The topological polar surface area (TPSA) is 78.4 Å². The van der Waals surface area contributed by atoms with Crippen LogP contribution in [-0.2, 0) is 0 Å². The minimum absolute atomic E-state index is 0.310. The molecule has 0 radical (unpaired) electrons. The van der Waals surface area contributed by atoms with Gasteiger partial charge in [0.1, 0.15) is 5.75 Å². The van der Waals surface area contributed by atoms with E-state index in [4.69, 9.17) is 10.0 Å². The molecule has 0 atom stereocenters.